The predicted molar refractivity (Wildman–Crippen MR) is 146 cm³/mol. The van der Waals surface area contributed by atoms with Crippen LogP contribution in [-0.2, 0) is 22.4 Å². The maximum atomic E-state index is 13.0. The summed E-state index contributed by atoms with van der Waals surface area (Å²) in [6.07, 6.45) is -0.498. The Morgan fingerprint density at radius 1 is 0.684 bits per heavy atom. The van der Waals surface area contributed by atoms with Crippen molar-refractivity contribution >= 4 is 11.8 Å². The molecule has 0 aliphatic carbocycles. The third-order valence-corrected chi connectivity index (χ3v) is 5.75. The van der Waals surface area contributed by atoms with Gasteiger partial charge in [-0.3, -0.25) is 9.59 Å². The average molecular weight is 521 g/mol. The van der Waals surface area contributed by atoms with E-state index in [9.17, 15) is 9.59 Å². The number of rotatable bonds is 13. The van der Waals surface area contributed by atoms with Crippen LogP contribution in [0.2, 0.25) is 0 Å². The highest BCUT2D eigenvalue weighted by atomic mass is 16.5. The van der Waals surface area contributed by atoms with Crippen molar-refractivity contribution in [3.63, 3.8) is 0 Å². The highest BCUT2D eigenvalue weighted by Gasteiger charge is 2.20. The Kier molecular flexibility index (Phi) is 10.4. The molecule has 0 heterocycles. The van der Waals surface area contributed by atoms with E-state index < -0.39 is 6.17 Å². The van der Waals surface area contributed by atoms with Gasteiger partial charge in [0.05, 0.1) is 40.8 Å². The maximum absolute atomic E-state index is 13.0. The van der Waals surface area contributed by atoms with Gasteiger partial charge in [-0.25, -0.2) is 0 Å². The summed E-state index contributed by atoms with van der Waals surface area (Å²) in [5.74, 6) is 2.36. The minimum Gasteiger partial charge on any atom is -0.497 e. The molecule has 3 rings (SSSR count). The molecule has 3 aromatic rings. The van der Waals surface area contributed by atoms with Gasteiger partial charge in [-0.2, -0.15) is 0 Å². The molecule has 0 radical (unpaired) electrons. The number of ether oxygens (including phenoxy) is 4. The summed E-state index contributed by atoms with van der Waals surface area (Å²) < 4.78 is 21.8. The molecule has 0 spiro atoms. The van der Waals surface area contributed by atoms with E-state index in [1.54, 1.807) is 63.8 Å². The van der Waals surface area contributed by atoms with Gasteiger partial charge in [-0.1, -0.05) is 44.2 Å². The van der Waals surface area contributed by atoms with Crippen LogP contribution in [0.1, 0.15) is 36.7 Å². The SMILES string of the molecule is COc1ccc(CC(=O)NC(NC(=O)Cc2ccc(OC)cc2)c2ccc(OC)c(OCC(C)C)c2)cc1. The molecule has 3 aromatic carbocycles. The largest absolute Gasteiger partial charge is 0.497 e. The monoisotopic (exact) mass is 520 g/mol. The van der Waals surface area contributed by atoms with E-state index in [1.165, 1.54) is 0 Å². The van der Waals surface area contributed by atoms with Gasteiger partial charge < -0.3 is 29.6 Å². The van der Waals surface area contributed by atoms with Gasteiger partial charge in [-0.15, -0.1) is 0 Å². The third kappa shape index (κ3) is 8.44. The zero-order valence-electron chi connectivity index (χ0n) is 22.6. The molecule has 0 aliphatic heterocycles. The van der Waals surface area contributed by atoms with Gasteiger partial charge in [0, 0.05) is 0 Å². The number of hydrogen-bond acceptors (Lipinski definition) is 6. The van der Waals surface area contributed by atoms with Crippen LogP contribution in [0.5, 0.6) is 23.0 Å². The number of carbonyl (C=O) groups excluding carboxylic acids is 2. The summed E-state index contributed by atoms with van der Waals surface area (Å²) in [6, 6.07) is 19.9. The number of methoxy groups -OCH3 is 3. The lowest BCUT2D eigenvalue weighted by Crippen LogP contribution is -2.42. The quantitative estimate of drug-likeness (QED) is 0.323. The molecule has 0 unspecified atom stereocenters. The van der Waals surface area contributed by atoms with E-state index in [1.807, 2.05) is 24.3 Å². The number of benzene rings is 3. The summed E-state index contributed by atoms with van der Waals surface area (Å²) in [6.45, 7) is 4.61. The Bertz CT molecular complexity index is 1130. The lowest BCUT2D eigenvalue weighted by molar-refractivity contribution is -0.123. The van der Waals surface area contributed by atoms with Gasteiger partial charge in [0.2, 0.25) is 11.8 Å². The summed E-state index contributed by atoms with van der Waals surface area (Å²) in [4.78, 5) is 26.0. The smallest absolute Gasteiger partial charge is 0.226 e. The molecule has 38 heavy (non-hydrogen) atoms. The minimum absolute atomic E-state index is 0.141. The van der Waals surface area contributed by atoms with Gasteiger partial charge in [-0.05, 0) is 59.0 Å². The first kappa shape index (κ1) is 28.4. The molecule has 0 atom stereocenters. The van der Waals surface area contributed by atoms with E-state index in [0.29, 0.717) is 41.1 Å². The first-order chi connectivity index (χ1) is 18.3. The zero-order chi connectivity index (χ0) is 27.5. The molecule has 0 saturated heterocycles. The van der Waals surface area contributed by atoms with Crippen molar-refractivity contribution in [1.29, 1.82) is 0 Å². The lowest BCUT2D eigenvalue weighted by atomic mass is 10.1. The van der Waals surface area contributed by atoms with Gasteiger partial charge in [0.15, 0.2) is 11.5 Å². The molecule has 0 aromatic heterocycles. The van der Waals surface area contributed by atoms with Crippen LogP contribution in [0.3, 0.4) is 0 Å². The van der Waals surface area contributed by atoms with E-state index in [0.717, 1.165) is 11.1 Å². The molecule has 8 nitrogen and oxygen atoms in total. The Hall–Kier alpha value is -4.20. The molecule has 0 bridgehead atoms. The zero-order valence-corrected chi connectivity index (χ0v) is 22.6. The molecule has 0 fully saturated rings. The minimum atomic E-state index is -0.779. The highest BCUT2D eigenvalue weighted by Crippen LogP contribution is 2.30. The van der Waals surface area contributed by atoms with Crippen LogP contribution < -0.4 is 29.6 Å². The topological polar surface area (TPSA) is 95.1 Å². The van der Waals surface area contributed by atoms with Crippen molar-refractivity contribution in [2.24, 2.45) is 5.92 Å². The van der Waals surface area contributed by atoms with Crippen molar-refractivity contribution in [3.8, 4) is 23.0 Å². The molecular weight excluding hydrogens is 484 g/mol. The molecule has 8 heteroatoms. The predicted octanol–water partition coefficient (Wildman–Crippen LogP) is 4.46. The molecule has 2 amide bonds. The van der Waals surface area contributed by atoms with Crippen molar-refractivity contribution in [2.75, 3.05) is 27.9 Å². The van der Waals surface area contributed by atoms with Crippen LogP contribution in [0.25, 0.3) is 0 Å². The number of hydrogen-bond donors (Lipinski definition) is 2. The van der Waals surface area contributed by atoms with Gasteiger partial charge >= 0.3 is 0 Å². The second-order valence-corrected chi connectivity index (χ2v) is 9.23. The van der Waals surface area contributed by atoms with Crippen molar-refractivity contribution < 1.29 is 28.5 Å². The van der Waals surface area contributed by atoms with Gasteiger partial charge in [0.25, 0.3) is 0 Å². The number of carbonyl (C=O) groups is 2. The Morgan fingerprint density at radius 2 is 1.18 bits per heavy atom. The van der Waals surface area contributed by atoms with Crippen LogP contribution >= 0.6 is 0 Å². The normalized spacial score (nSPS) is 10.7. The molecule has 0 aliphatic rings. The Labute approximate surface area is 224 Å². The Morgan fingerprint density at radius 3 is 1.61 bits per heavy atom. The molecule has 2 N–H and O–H groups in total. The summed E-state index contributed by atoms with van der Waals surface area (Å²) in [5, 5.41) is 5.91. The van der Waals surface area contributed by atoms with Crippen LogP contribution in [-0.4, -0.2) is 39.8 Å². The Balaban J connectivity index is 1.81. The van der Waals surface area contributed by atoms with Crippen molar-refractivity contribution in [2.45, 2.75) is 32.9 Å². The third-order valence-electron chi connectivity index (χ3n) is 5.75. The van der Waals surface area contributed by atoms with Crippen molar-refractivity contribution in [3.05, 3.63) is 83.4 Å². The lowest BCUT2D eigenvalue weighted by Gasteiger charge is -2.22. The first-order valence-electron chi connectivity index (χ1n) is 12.5. The number of nitrogens with one attached hydrogen (secondary N) is 2. The second-order valence-electron chi connectivity index (χ2n) is 9.23. The van der Waals surface area contributed by atoms with E-state index in [-0.39, 0.29) is 24.7 Å². The molecule has 202 valence electrons. The maximum Gasteiger partial charge on any atom is 0.226 e. The summed E-state index contributed by atoms with van der Waals surface area (Å²) in [5.41, 5.74) is 2.31. The van der Waals surface area contributed by atoms with E-state index >= 15 is 0 Å². The van der Waals surface area contributed by atoms with Gasteiger partial charge in [0.1, 0.15) is 17.7 Å². The van der Waals surface area contributed by atoms with Crippen LogP contribution in [0, 0.1) is 5.92 Å². The summed E-state index contributed by atoms with van der Waals surface area (Å²) >= 11 is 0. The first-order valence-corrected chi connectivity index (χ1v) is 12.5. The van der Waals surface area contributed by atoms with Crippen LogP contribution in [0.4, 0.5) is 0 Å². The fourth-order valence-corrected chi connectivity index (χ4v) is 3.73. The fraction of sp³-hybridized carbons (Fsp3) is 0.333. The average Bonchev–Trinajstić information content (AvgIpc) is 2.92. The highest BCUT2D eigenvalue weighted by molar-refractivity contribution is 5.82. The standard InChI is InChI=1S/C30H36N2O6/c1-20(2)19-38-27-18-23(10-15-26(27)37-5)30(31-28(33)16-21-6-11-24(35-3)12-7-21)32-29(34)17-22-8-13-25(36-4)14-9-22/h6-15,18,20,30H,16-17,19H2,1-5H3,(H,31,33)(H,32,34). The number of amides is 2. The molecule has 0 saturated carbocycles. The van der Waals surface area contributed by atoms with Crippen molar-refractivity contribution in [1.82, 2.24) is 10.6 Å². The van der Waals surface area contributed by atoms with Crippen LogP contribution in [0.15, 0.2) is 66.7 Å². The van der Waals surface area contributed by atoms with E-state index in [4.69, 9.17) is 18.9 Å². The summed E-state index contributed by atoms with van der Waals surface area (Å²) in [7, 11) is 4.76. The molecular formula is C30H36N2O6. The van der Waals surface area contributed by atoms with E-state index in [2.05, 4.69) is 24.5 Å². The fourth-order valence-electron chi connectivity index (χ4n) is 3.73. The second kappa shape index (κ2) is 13.9.